The third-order valence-electron chi connectivity index (χ3n) is 7.96. The van der Waals surface area contributed by atoms with Gasteiger partial charge in [0.05, 0.1) is 35.1 Å². The third kappa shape index (κ3) is 7.49. The van der Waals surface area contributed by atoms with Crippen LogP contribution in [0.25, 0.3) is 0 Å². The predicted octanol–water partition coefficient (Wildman–Crippen LogP) is 4.46. The number of sulfone groups is 1. The van der Waals surface area contributed by atoms with E-state index in [0.717, 1.165) is 24.3 Å². The summed E-state index contributed by atoms with van der Waals surface area (Å²) in [6, 6.07) is 4.83. The molecule has 1 aliphatic heterocycles. The van der Waals surface area contributed by atoms with Gasteiger partial charge in [0.2, 0.25) is 0 Å². The lowest BCUT2D eigenvalue weighted by Crippen LogP contribution is -2.52. The van der Waals surface area contributed by atoms with Crippen LogP contribution in [-0.2, 0) is 24.2 Å². The minimum Gasteiger partial charge on any atom is -0.496 e. The lowest BCUT2D eigenvalue weighted by Gasteiger charge is -2.34. The summed E-state index contributed by atoms with van der Waals surface area (Å²) < 4.78 is 94.0. The Kier molecular flexibility index (Phi) is 9.97. The minimum atomic E-state index is -5.66. The first-order valence-corrected chi connectivity index (χ1v) is 15.5. The highest BCUT2D eigenvalue weighted by atomic mass is 32.2. The zero-order valence-electron chi connectivity index (χ0n) is 24.3. The number of halogens is 4. The van der Waals surface area contributed by atoms with Gasteiger partial charge in [-0.3, -0.25) is 14.4 Å². The normalized spacial score (nSPS) is 23.9. The first-order chi connectivity index (χ1) is 21.1. The molecule has 2 aromatic rings. The molecule has 16 heteroatoms. The fourth-order valence-electron chi connectivity index (χ4n) is 5.23. The number of rotatable bonds is 9. The van der Waals surface area contributed by atoms with Crippen molar-refractivity contribution in [2.24, 2.45) is 5.41 Å². The van der Waals surface area contributed by atoms with Gasteiger partial charge in [-0.25, -0.2) is 12.8 Å². The molecule has 2 aromatic carbocycles. The van der Waals surface area contributed by atoms with Crippen LogP contribution in [0.4, 0.5) is 23.2 Å². The number of carboxylic acid groups (broad SMARTS) is 1. The molecule has 2 aliphatic rings. The monoisotopic (exact) mass is 660 g/mol. The number of benzene rings is 2. The number of amides is 2. The van der Waals surface area contributed by atoms with Crippen molar-refractivity contribution in [3.8, 4) is 11.5 Å². The number of hydrogen-bond donors (Lipinski definition) is 3. The SMILES string of the molecule is COc1cc(F)c(O[C@H]2CC[C@@](C)(C(=O)O)CC2)cc1C(=O)N[C@@H]1CCCO[C@@H]1C(=O)Nc1cccc(S(=O)(=O)C(F)(F)F)c1. The smallest absolute Gasteiger partial charge is 0.496 e. The summed E-state index contributed by atoms with van der Waals surface area (Å²) in [6.07, 6.45) is 0.286. The van der Waals surface area contributed by atoms with Crippen molar-refractivity contribution in [1.29, 1.82) is 0 Å². The Morgan fingerprint density at radius 1 is 1.07 bits per heavy atom. The van der Waals surface area contributed by atoms with Gasteiger partial charge >= 0.3 is 11.5 Å². The van der Waals surface area contributed by atoms with Gasteiger partial charge in [0.15, 0.2) is 17.7 Å². The summed E-state index contributed by atoms with van der Waals surface area (Å²) in [5.74, 6) is -3.69. The number of carbonyl (C=O) groups is 3. The van der Waals surface area contributed by atoms with Crippen LogP contribution in [0.1, 0.15) is 55.8 Å². The molecule has 1 saturated carbocycles. The fourth-order valence-corrected chi connectivity index (χ4v) is 6.04. The van der Waals surface area contributed by atoms with Crippen molar-refractivity contribution in [2.45, 2.75) is 74.1 Å². The number of alkyl halides is 3. The Morgan fingerprint density at radius 3 is 2.38 bits per heavy atom. The Bertz CT molecular complexity index is 1560. The van der Waals surface area contributed by atoms with Gasteiger partial charge in [-0.2, -0.15) is 13.2 Å². The molecule has 2 amide bonds. The van der Waals surface area contributed by atoms with Crippen LogP contribution < -0.4 is 20.1 Å². The second-order valence-electron chi connectivity index (χ2n) is 11.1. The van der Waals surface area contributed by atoms with Crippen molar-refractivity contribution in [3.63, 3.8) is 0 Å². The maximum absolute atomic E-state index is 14.9. The lowest BCUT2D eigenvalue weighted by atomic mass is 9.75. The molecule has 1 heterocycles. The highest BCUT2D eigenvalue weighted by Crippen LogP contribution is 2.39. The van der Waals surface area contributed by atoms with Gasteiger partial charge in [0, 0.05) is 18.4 Å². The molecule has 4 rings (SSSR count). The lowest BCUT2D eigenvalue weighted by molar-refractivity contribution is -0.150. The van der Waals surface area contributed by atoms with Crippen LogP contribution in [-0.4, -0.2) is 68.8 Å². The molecular formula is C29H32F4N2O9S. The van der Waals surface area contributed by atoms with Crippen LogP contribution in [0, 0.1) is 11.2 Å². The van der Waals surface area contributed by atoms with E-state index in [-0.39, 0.29) is 35.8 Å². The van der Waals surface area contributed by atoms with E-state index in [1.165, 1.54) is 13.2 Å². The topological polar surface area (TPSA) is 157 Å². The second kappa shape index (κ2) is 13.2. The maximum Gasteiger partial charge on any atom is 0.501 e. The highest BCUT2D eigenvalue weighted by molar-refractivity contribution is 7.92. The van der Waals surface area contributed by atoms with Gasteiger partial charge in [0.25, 0.3) is 21.7 Å². The van der Waals surface area contributed by atoms with E-state index in [4.69, 9.17) is 14.2 Å². The molecule has 0 bridgehead atoms. The largest absolute Gasteiger partial charge is 0.501 e. The van der Waals surface area contributed by atoms with Crippen molar-refractivity contribution in [1.82, 2.24) is 5.32 Å². The fraction of sp³-hybridized carbons (Fsp3) is 0.483. The van der Waals surface area contributed by atoms with Crippen molar-refractivity contribution in [3.05, 3.63) is 47.8 Å². The second-order valence-corrected chi connectivity index (χ2v) is 13.1. The summed E-state index contributed by atoms with van der Waals surface area (Å²) >= 11 is 0. The van der Waals surface area contributed by atoms with Crippen LogP contribution >= 0.6 is 0 Å². The number of ether oxygens (including phenoxy) is 3. The van der Waals surface area contributed by atoms with Gasteiger partial charge in [-0.1, -0.05) is 6.07 Å². The molecule has 0 aromatic heterocycles. The molecule has 0 unspecified atom stereocenters. The predicted molar refractivity (Wildman–Crippen MR) is 150 cm³/mol. The van der Waals surface area contributed by atoms with E-state index in [2.05, 4.69) is 10.6 Å². The van der Waals surface area contributed by atoms with E-state index < -0.39 is 67.5 Å². The van der Waals surface area contributed by atoms with E-state index in [1.807, 2.05) is 0 Å². The number of hydrogen-bond acceptors (Lipinski definition) is 8. The van der Waals surface area contributed by atoms with E-state index in [9.17, 15) is 45.5 Å². The zero-order valence-corrected chi connectivity index (χ0v) is 25.1. The number of carbonyl (C=O) groups excluding carboxylic acids is 2. The summed E-state index contributed by atoms with van der Waals surface area (Å²) in [5.41, 5.74) is -6.80. The molecule has 2 atom stereocenters. The number of methoxy groups -OCH3 is 1. The number of anilines is 1. The maximum atomic E-state index is 14.9. The molecule has 246 valence electrons. The third-order valence-corrected chi connectivity index (χ3v) is 9.44. The van der Waals surface area contributed by atoms with Crippen LogP contribution in [0.3, 0.4) is 0 Å². The molecule has 3 N–H and O–H groups in total. The van der Waals surface area contributed by atoms with E-state index in [0.29, 0.717) is 38.2 Å². The molecule has 1 saturated heterocycles. The molecule has 45 heavy (non-hydrogen) atoms. The Labute approximate surface area is 256 Å². The average Bonchev–Trinajstić information content (AvgIpc) is 2.98. The molecule has 0 radical (unpaired) electrons. The van der Waals surface area contributed by atoms with Gasteiger partial charge in [-0.05, 0) is 69.7 Å². The van der Waals surface area contributed by atoms with E-state index in [1.54, 1.807) is 6.92 Å². The summed E-state index contributed by atoms with van der Waals surface area (Å²) in [5, 5.41) is 14.4. The standard InChI is InChI=1S/C29H32F4N2O9S/c1-28(27(38)39)10-8-17(9-11-28)44-23-14-19(22(42-2)15-20(23)30)25(36)35-21-7-4-12-43-24(21)26(37)34-16-5-3-6-18(13-16)45(40,41)29(31,32)33/h3,5-6,13-15,17,21,24H,4,7-12H2,1-2H3,(H,34,37)(H,35,36)(H,38,39)/t17-,21-,24+,28+/m1/s1. The van der Waals surface area contributed by atoms with Gasteiger partial charge < -0.3 is 30.0 Å². The molecular weight excluding hydrogens is 628 g/mol. The average molecular weight is 661 g/mol. The van der Waals surface area contributed by atoms with Crippen molar-refractivity contribution < 1.29 is 59.7 Å². The number of carboxylic acids is 1. The minimum absolute atomic E-state index is 0.116. The van der Waals surface area contributed by atoms with Crippen molar-refractivity contribution >= 4 is 33.3 Å². The molecule has 11 nitrogen and oxygen atoms in total. The number of aliphatic carboxylic acids is 1. The van der Waals surface area contributed by atoms with Gasteiger partial charge in [0.1, 0.15) is 5.75 Å². The highest BCUT2D eigenvalue weighted by Gasteiger charge is 2.47. The molecule has 0 spiro atoms. The Morgan fingerprint density at radius 2 is 1.76 bits per heavy atom. The van der Waals surface area contributed by atoms with Crippen LogP contribution in [0.2, 0.25) is 0 Å². The zero-order chi connectivity index (χ0) is 33.2. The molecule has 1 aliphatic carbocycles. The quantitative estimate of drug-likeness (QED) is 0.331. The van der Waals surface area contributed by atoms with Crippen molar-refractivity contribution in [2.75, 3.05) is 19.0 Å². The summed E-state index contributed by atoms with van der Waals surface area (Å²) in [6.45, 7) is 1.77. The van der Waals surface area contributed by atoms with E-state index >= 15 is 0 Å². The first-order valence-electron chi connectivity index (χ1n) is 14.0. The summed E-state index contributed by atoms with van der Waals surface area (Å²) in [7, 11) is -4.43. The van der Waals surface area contributed by atoms with Crippen LogP contribution in [0.5, 0.6) is 11.5 Å². The Balaban J connectivity index is 1.48. The van der Waals surface area contributed by atoms with Gasteiger partial charge in [-0.15, -0.1) is 0 Å². The summed E-state index contributed by atoms with van der Waals surface area (Å²) in [4.78, 5) is 37.0. The van der Waals surface area contributed by atoms with Crippen LogP contribution in [0.15, 0.2) is 41.3 Å². The first kappa shape index (κ1) is 34.0. The Hall–Kier alpha value is -3.92. The molecule has 2 fully saturated rings. The number of nitrogens with one attached hydrogen (secondary N) is 2.